The average Bonchev–Trinajstić information content (AvgIpc) is 3.33. The van der Waals surface area contributed by atoms with Gasteiger partial charge in [0.2, 0.25) is 11.8 Å². The molecule has 8 heteroatoms. The van der Waals surface area contributed by atoms with Crippen LogP contribution in [-0.4, -0.2) is 59.2 Å². The van der Waals surface area contributed by atoms with Crippen LogP contribution >= 0.6 is 11.6 Å². The molecule has 1 unspecified atom stereocenters. The summed E-state index contributed by atoms with van der Waals surface area (Å²) in [6, 6.07) is 18.3. The molecule has 2 amide bonds. The van der Waals surface area contributed by atoms with E-state index in [1.807, 2.05) is 54.6 Å². The van der Waals surface area contributed by atoms with Crippen LogP contribution in [0.4, 0.5) is 5.69 Å². The van der Waals surface area contributed by atoms with E-state index in [-0.39, 0.29) is 18.4 Å². The van der Waals surface area contributed by atoms with Gasteiger partial charge in [0.05, 0.1) is 6.54 Å². The van der Waals surface area contributed by atoms with Crippen molar-refractivity contribution >= 4 is 29.1 Å². The lowest BCUT2D eigenvalue weighted by Gasteiger charge is -2.36. The van der Waals surface area contributed by atoms with Crippen LogP contribution in [0, 0.1) is 0 Å². The van der Waals surface area contributed by atoms with Gasteiger partial charge >= 0.3 is 0 Å². The first-order valence-electron chi connectivity index (χ1n) is 10.2. The van der Waals surface area contributed by atoms with Gasteiger partial charge in [-0.1, -0.05) is 48.0 Å². The SMILES string of the molecule is O=C(NCC(=O)N1CCN(c2cccc(Cl)c2)CC1)C(c1ccccc1)n1cccn1. The predicted octanol–water partition coefficient (Wildman–Crippen LogP) is 2.59. The molecule has 2 aromatic carbocycles. The van der Waals surface area contributed by atoms with E-state index >= 15 is 0 Å². The molecule has 0 bridgehead atoms. The Morgan fingerprint density at radius 3 is 2.45 bits per heavy atom. The minimum absolute atomic E-state index is 0.0411. The van der Waals surface area contributed by atoms with Crippen LogP contribution in [0.3, 0.4) is 0 Å². The summed E-state index contributed by atoms with van der Waals surface area (Å²) in [5, 5.41) is 7.71. The van der Waals surface area contributed by atoms with Crippen LogP contribution in [0.15, 0.2) is 73.1 Å². The molecular formula is C23H24ClN5O2. The monoisotopic (exact) mass is 437 g/mol. The largest absolute Gasteiger partial charge is 0.368 e. The van der Waals surface area contributed by atoms with Crippen molar-refractivity contribution in [1.82, 2.24) is 20.0 Å². The number of aromatic nitrogens is 2. The lowest BCUT2D eigenvalue weighted by molar-refractivity contribution is -0.133. The van der Waals surface area contributed by atoms with Gasteiger partial charge in [0.25, 0.3) is 0 Å². The Labute approximate surface area is 186 Å². The van der Waals surface area contributed by atoms with Gasteiger partial charge in [0, 0.05) is 49.3 Å². The zero-order chi connectivity index (χ0) is 21.6. The highest BCUT2D eigenvalue weighted by Crippen LogP contribution is 2.21. The Kier molecular flexibility index (Phi) is 6.52. The third kappa shape index (κ3) is 5.06. The van der Waals surface area contributed by atoms with Crippen LogP contribution in [-0.2, 0) is 9.59 Å². The second-order valence-corrected chi connectivity index (χ2v) is 7.80. The molecule has 1 aliphatic heterocycles. The summed E-state index contributed by atoms with van der Waals surface area (Å²) in [6.07, 6.45) is 3.38. The molecule has 31 heavy (non-hydrogen) atoms. The number of carbonyl (C=O) groups excluding carboxylic acids is 2. The number of anilines is 1. The number of piperazine rings is 1. The van der Waals surface area contributed by atoms with Crippen LogP contribution in [0.2, 0.25) is 5.02 Å². The van der Waals surface area contributed by atoms with Crippen molar-refractivity contribution in [3.63, 3.8) is 0 Å². The van der Waals surface area contributed by atoms with Crippen molar-refractivity contribution in [2.24, 2.45) is 0 Å². The third-order valence-electron chi connectivity index (χ3n) is 5.37. The van der Waals surface area contributed by atoms with Crippen molar-refractivity contribution in [1.29, 1.82) is 0 Å². The normalized spacial score (nSPS) is 14.9. The first-order chi connectivity index (χ1) is 15.1. The number of halogens is 1. The van der Waals surface area contributed by atoms with E-state index < -0.39 is 6.04 Å². The Bertz CT molecular complexity index is 1020. The summed E-state index contributed by atoms with van der Waals surface area (Å²) in [6.45, 7) is 2.60. The standard InChI is InChI=1S/C23H24ClN5O2/c24-19-8-4-9-20(16-19)27-12-14-28(15-13-27)21(30)17-25-23(31)22(29-11-5-10-26-29)18-6-2-1-3-7-18/h1-11,16,22H,12-15,17H2,(H,25,31). The van der Waals surface area contributed by atoms with Crippen molar-refractivity contribution in [3.05, 3.63) is 83.6 Å². The van der Waals surface area contributed by atoms with Gasteiger partial charge in [-0.05, 0) is 29.8 Å². The Morgan fingerprint density at radius 2 is 1.77 bits per heavy atom. The van der Waals surface area contributed by atoms with Crippen LogP contribution < -0.4 is 10.2 Å². The van der Waals surface area contributed by atoms with Crippen LogP contribution in [0.5, 0.6) is 0 Å². The summed E-state index contributed by atoms with van der Waals surface area (Å²) >= 11 is 6.08. The molecule has 0 radical (unpaired) electrons. The summed E-state index contributed by atoms with van der Waals surface area (Å²) in [5.74, 6) is -0.354. The van der Waals surface area contributed by atoms with Crippen molar-refractivity contribution in [3.8, 4) is 0 Å². The molecule has 1 N–H and O–H groups in total. The highest BCUT2D eigenvalue weighted by molar-refractivity contribution is 6.30. The molecule has 3 aromatic rings. The number of amides is 2. The number of carbonyl (C=O) groups is 2. The summed E-state index contributed by atoms with van der Waals surface area (Å²) in [5.41, 5.74) is 1.86. The van der Waals surface area contributed by atoms with Gasteiger partial charge in [-0.2, -0.15) is 5.10 Å². The molecule has 1 aromatic heterocycles. The van der Waals surface area contributed by atoms with E-state index in [2.05, 4.69) is 15.3 Å². The van der Waals surface area contributed by atoms with Crippen molar-refractivity contribution in [2.75, 3.05) is 37.6 Å². The summed E-state index contributed by atoms with van der Waals surface area (Å²) < 4.78 is 1.60. The maximum Gasteiger partial charge on any atom is 0.249 e. The second-order valence-electron chi connectivity index (χ2n) is 7.36. The highest BCUT2D eigenvalue weighted by Gasteiger charge is 2.25. The van der Waals surface area contributed by atoms with Crippen molar-refractivity contribution < 1.29 is 9.59 Å². The van der Waals surface area contributed by atoms with Gasteiger partial charge in [0.15, 0.2) is 6.04 Å². The Morgan fingerprint density at radius 1 is 1.00 bits per heavy atom. The number of rotatable bonds is 6. The minimum atomic E-state index is -0.622. The van der Waals surface area contributed by atoms with Crippen LogP contribution in [0.1, 0.15) is 11.6 Å². The number of nitrogens with zero attached hydrogens (tertiary/aromatic N) is 4. The lowest BCUT2D eigenvalue weighted by Crippen LogP contribution is -2.51. The van der Waals surface area contributed by atoms with Gasteiger partial charge in [-0.25, -0.2) is 0 Å². The van der Waals surface area contributed by atoms with Crippen LogP contribution in [0.25, 0.3) is 0 Å². The second kappa shape index (κ2) is 9.66. The lowest BCUT2D eigenvalue weighted by atomic mass is 10.1. The molecule has 2 heterocycles. The molecule has 0 aliphatic carbocycles. The molecule has 1 atom stereocenters. The fraction of sp³-hybridized carbons (Fsp3) is 0.261. The molecule has 1 saturated heterocycles. The molecular weight excluding hydrogens is 414 g/mol. The maximum absolute atomic E-state index is 12.9. The molecule has 4 rings (SSSR count). The first-order valence-corrected chi connectivity index (χ1v) is 10.6. The van der Waals surface area contributed by atoms with Gasteiger partial charge in [-0.3, -0.25) is 14.3 Å². The fourth-order valence-corrected chi connectivity index (χ4v) is 3.94. The van der Waals surface area contributed by atoms with Gasteiger partial charge in [-0.15, -0.1) is 0 Å². The zero-order valence-electron chi connectivity index (χ0n) is 17.0. The van der Waals surface area contributed by atoms with E-state index in [1.165, 1.54) is 0 Å². The van der Waals surface area contributed by atoms with Gasteiger partial charge < -0.3 is 15.1 Å². The number of nitrogens with one attached hydrogen (secondary N) is 1. The quantitative estimate of drug-likeness (QED) is 0.643. The van der Waals surface area contributed by atoms with E-state index in [9.17, 15) is 9.59 Å². The molecule has 160 valence electrons. The number of hydrogen-bond donors (Lipinski definition) is 1. The molecule has 1 fully saturated rings. The van der Waals surface area contributed by atoms with E-state index in [0.717, 1.165) is 24.3 Å². The van der Waals surface area contributed by atoms with Gasteiger partial charge in [0.1, 0.15) is 0 Å². The predicted molar refractivity (Wildman–Crippen MR) is 120 cm³/mol. The number of hydrogen-bond acceptors (Lipinski definition) is 4. The molecule has 0 saturated carbocycles. The number of benzene rings is 2. The van der Waals surface area contributed by atoms with E-state index in [0.29, 0.717) is 18.1 Å². The minimum Gasteiger partial charge on any atom is -0.368 e. The summed E-state index contributed by atoms with van der Waals surface area (Å²) in [4.78, 5) is 29.6. The molecule has 7 nitrogen and oxygen atoms in total. The molecule has 1 aliphatic rings. The zero-order valence-corrected chi connectivity index (χ0v) is 17.8. The van der Waals surface area contributed by atoms with Crippen molar-refractivity contribution in [2.45, 2.75) is 6.04 Å². The maximum atomic E-state index is 12.9. The smallest absolute Gasteiger partial charge is 0.249 e. The fourth-order valence-electron chi connectivity index (χ4n) is 3.75. The molecule has 0 spiro atoms. The van der Waals surface area contributed by atoms with E-state index in [4.69, 9.17) is 11.6 Å². The average molecular weight is 438 g/mol. The third-order valence-corrected chi connectivity index (χ3v) is 5.61. The topological polar surface area (TPSA) is 70.5 Å². The highest BCUT2D eigenvalue weighted by atomic mass is 35.5. The Balaban J connectivity index is 1.33. The Hall–Kier alpha value is -3.32. The van der Waals surface area contributed by atoms with E-state index in [1.54, 1.807) is 28.0 Å². The summed E-state index contributed by atoms with van der Waals surface area (Å²) in [7, 11) is 0. The first kappa shape index (κ1) is 20.9.